The standard InChI is InChI=1S/C19H16N6O4S/c26-17(20-11-15-3-1-9-29-15)12-24-19(28)25(23-22-24)14-7-5-13(6-8-14)21-18(27)16-4-2-10-30-16/h1-10H,11-12H2,(H,20,26)(H,21,27). The molecule has 2 N–H and O–H groups in total. The van der Waals surface area contributed by atoms with E-state index in [4.69, 9.17) is 4.42 Å². The van der Waals surface area contributed by atoms with Crippen molar-refractivity contribution in [3.05, 3.63) is 81.3 Å². The highest BCUT2D eigenvalue weighted by Crippen LogP contribution is 2.15. The molecule has 0 saturated carbocycles. The molecule has 0 bridgehead atoms. The Labute approximate surface area is 173 Å². The molecular formula is C19H16N6O4S. The van der Waals surface area contributed by atoms with Crippen LogP contribution in [0.4, 0.5) is 5.69 Å². The second-order valence-electron chi connectivity index (χ2n) is 6.17. The third-order valence-electron chi connectivity index (χ3n) is 4.09. The molecule has 10 nitrogen and oxygen atoms in total. The second-order valence-corrected chi connectivity index (χ2v) is 7.11. The number of tetrazole rings is 1. The number of nitrogens with zero attached hydrogens (tertiary/aromatic N) is 4. The van der Waals surface area contributed by atoms with Gasteiger partial charge < -0.3 is 15.1 Å². The van der Waals surface area contributed by atoms with Crippen LogP contribution < -0.4 is 16.3 Å². The van der Waals surface area contributed by atoms with E-state index in [2.05, 4.69) is 21.1 Å². The number of carbonyl (C=O) groups excluding carboxylic acids is 2. The molecule has 0 fully saturated rings. The van der Waals surface area contributed by atoms with E-state index < -0.39 is 11.6 Å². The van der Waals surface area contributed by atoms with E-state index in [9.17, 15) is 14.4 Å². The zero-order valence-electron chi connectivity index (χ0n) is 15.5. The van der Waals surface area contributed by atoms with Crippen molar-refractivity contribution in [3.63, 3.8) is 0 Å². The number of furan rings is 1. The van der Waals surface area contributed by atoms with Crippen molar-refractivity contribution >= 4 is 28.8 Å². The number of thiophene rings is 1. The predicted octanol–water partition coefficient (Wildman–Crippen LogP) is 1.65. The van der Waals surface area contributed by atoms with Gasteiger partial charge in [0.05, 0.1) is 23.4 Å². The van der Waals surface area contributed by atoms with E-state index in [0.29, 0.717) is 22.0 Å². The molecule has 2 amide bonds. The van der Waals surface area contributed by atoms with Gasteiger partial charge in [0.1, 0.15) is 12.3 Å². The van der Waals surface area contributed by atoms with E-state index in [1.54, 1.807) is 48.5 Å². The van der Waals surface area contributed by atoms with E-state index in [-0.39, 0.29) is 19.0 Å². The van der Waals surface area contributed by atoms with Crippen molar-refractivity contribution in [3.8, 4) is 5.69 Å². The van der Waals surface area contributed by atoms with E-state index in [1.165, 1.54) is 17.6 Å². The molecule has 0 aliphatic heterocycles. The summed E-state index contributed by atoms with van der Waals surface area (Å²) in [5.74, 6) is -0.000722. The summed E-state index contributed by atoms with van der Waals surface area (Å²) in [7, 11) is 0. The van der Waals surface area contributed by atoms with Crippen molar-refractivity contribution in [1.82, 2.24) is 25.1 Å². The predicted molar refractivity (Wildman–Crippen MR) is 108 cm³/mol. The highest BCUT2D eigenvalue weighted by Gasteiger charge is 2.13. The quantitative estimate of drug-likeness (QED) is 0.465. The van der Waals surface area contributed by atoms with Gasteiger partial charge in [-0.05, 0) is 58.3 Å². The van der Waals surface area contributed by atoms with Crippen LogP contribution in [-0.2, 0) is 17.9 Å². The summed E-state index contributed by atoms with van der Waals surface area (Å²) in [6.07, 6.45) is 1.51. The van der Waals surface area contributed by atoms with Gasteiger partial charge in [0.2, 0.25) is 5.91 Å². The lowest BCUT2D eigenvalue weighted by molar-refractivity contribution is -0.122. The van der Waals surface area contributed by atoms with Crippen LogP contribution in [0.3, 0.4) is 0 Å². The Morgan fingerprint density at radius 2 is 1.90 bits per heavy atom. The van der Waals surface area contributed by atoms with Crippen molar-refractivity contribution in [2.75, 3.05) is 5.32 Å². The normalized spacial score (nSPS) is 10.7. The van der Waals surface area contributed by atoms with Gasteiger partial charge in [-0.15, -0.1) is 11.3 Å². The first-order chi connectivity index (χ1) is 14.6. The minimum Gasteiger partial charge on any atom is -0.467 e. The van der Waals surface area contributed by atoms with Gasteiger partial charge in [-0.2, -0.15) is 9.36 Å². The zero-order valence-corrected chi connectivity index (χ0v) is 16.3. The number of benzene rings is 1. The van der Waals surface area contributed by atoms with Crippen molar-refractivity contribution in [2.24, 2.45) is 0 Å². The molecule has 30 heavy (non-hydrogen) atoms. The first-order valence-electron chi connectivity index (χ1n) is 8.87. The Kier molecular flexibility index (Phi) is 5.52. The average Bonchev–Trinajstić information content (AvgIpc) is 3.51. The van der Waals surface area contributed by atoms with Gasteiger partial charge in [-0.25, -0.2) is 4.79 Å². The minimum atomic E-state index is -0.557. The highest BCUT2D eigenvalue weighted by molar-refractivity contribution is 7.12. The largest absolute Gasteiger partial charge is 0.467 e. The van der Waals surface area contributed by atoms with Crippen molar-refractivity contribution in [1.29, 1.82) is 0 Å². The molecule has 0 unspecified atom stereocenters. The number of carbonyl (C=O) groups is 2. The molecule has 1 aromatic carbocycles. The summed E-state index contributed by atoms with van der Waals surface area (Å²) in [6, 6.07) is 13.5. The van der Waals surface area contributed by atoms with Gasteiger partial charge in [0, 0.05) is 5.69 Å². The lowest BCUT2D eigenvalue weighted by Crippen LogP contribution is -2.33. The molecule has 0 atom stereocenters. The first-order valence-corrected chi connectivity index (χ1v) is 9.75. The van der Waals surface area contributed by atoms with Crippen LogP contribution in [0.25, 0.3) is 5.69 Å². The first kappa shape index (κ1) is 19.3. The Morgan fingerprint density at radius 1 is 1.07 bits per heavy atom. The lowest BCUT2D eigenvalue weighted by atomic mass is 10.2. The zero-order chi connectivity index (χ0) is 20.9. The molecule has 4 aromatic rings. The van der Waals surface area contributed by atoms with Crippen molar-refractivity contribution < 1.29 is 14.0 Å². The molecule has 0 aliphatic carbocycles. The molecular weight excluding hydrogens is 408 g/mol. The minimum absolute atomic E-state index is 0.207. The topological polar surface area (TPSA) is 124 Å². The Balaban J connectivity index is 1.39. The summed E-state index contributed by atoms with van der Waals surface area (Å²) >= 11 is 1.35. The second kappa shape index (κ2) is 8.57. The molecule has 3 aromatic heterocycles. The maximum absolute atomic E-state index is 12.5. The Morgan fingerprint density at radius 3 is 2.60 bits per heavy atom. The van der Waals surface area contributed by atoms with Crippen LogP contribution in [-0.4, -0.2) is 31.6 Å². The third-order valence-corrected chi connectivity index (χ3v) is 4.96. The van der Waals surface area contributed by atoms with Gasteiger partial charge in [0.25, 0.3) is 5.91 Å². The number of amides is 2. The number of rotatable bonds is 7. The summed E-state index contributed by atoms with van der Waals surface area (Å²) in [5.41, 5.74) is 0.477. The van der Waals surface area contributed by atoms with E-state index >= 15 is 0 Å². The Hall–Kier alpha value is -3.99. The van der Waals surface area contributed by atoms with Crippen LogP contribution in [0.2, 0.25) is 0 Å². The molecule has 0 spiro atoms. The number of hydrogen-bond donors (Lipinski definition) is 2. The Bertz CT molecular complexity index is 1190. The summed E-state index contributed by atoms with van der Waals surface area (Å²) in [6.45, 7) is -0.0537. The molecule has 0 saturated heterocycles. The van der Waals surface area contributed by atoms with Crippen molar-refractivity contribution in [2.45, 2.75) is 13.1 Å². The van der Waals surface area contributed by atoms with Gasteiger partial charge in [0.15, 0.2) is 0 Å². The average molecular weight is 424 g/mol. The number of aromatic nitrogens is 4. The molecule has 4 rings (SSSR count). The molecule has 152 valence electrons. The van der Waals surface area contributed by atoms with Gasteiger partial charge >= 0.3 is 5.69 Å². The number of anilines is 1. The third kappa shape index (κ3) is 4.36. The lowest BCUT2D eigenvalue weighted by Gasteiger charge is -2.05. The van der Waals surface area contributed by atoms with Crippen LogP contribution in [0.15, 0.2) is 69.4 Å². The summed E-state index contributed by atoms with van der Waals surface area (Å²) in [4.78, 5) is 37.2. The molecule has 11 heteroatoms. The highest BCUT2D eigenvalue weighted by atomic mass is 32.1. The van der Waals surface area contributed by atoms with E-state index in [1.807, 2.05) is 5.38 Å². The number of hydrogen-bond acceptors (Lipinski definition) is 7. The summed E-state index contributed by atoms with van der Waals surface area (Å²) in [5, 5.41) is 14.8. The van der Waals surface area contributed by atoms with Crippen LogP contribution in [0.5, 0.6) is 0 Å². The summed E-state index contributed by atoms with van der Waals surface area (Å²) < 4.78 is 7.17. The fourth-order valence-electron chi connectivity index (χ4n) is 2.61. The van der Waals surface area contributed by atoms with E-state index in [0.717, 1.165) is 9.36 Å². The fourth-order valence-corrected chi connectivity index (χ4v) is 3.23. The maximum Gasteiger partial charge on any atom is 0.368 e. The van der Waals surface area contributed by atoms with Gasteiger partial charge in [-0.1, -0.05) is 6.07 Å². The van der Waals surface area contributed by atoms with Crippen LogP contribution >= 0.6 is 11.3 Å². The monoisotopic (exact) mass is 424 g/mol. The molecule has 3 heterocycles. The maximum atomic E-state index is 12.5. The smallest absolute Gasteiger partial charge is 0.368 e. The van der Waals surface area contributed by atoms with Gasteiger partial charge in [-0.3, -0.25) is 9.59 Å². The molecule has 0 radical (unpaired) electrons. The van der Waals surface area contributed by atoms with Crippen LogP contribution in [0.1, 0.15) is 15.4 Å². The fraction of sp³-hybridized carbons (Fsp3) is 0.105. The molecule has 0 aliphatic rings. The van der Waals surface area contributed by atoms with Crippen LogP contribution in [0, 0.1) is 0 Å². The SMILES string of the molecule is O=C(Cn1nnn(-c2ccc(NC(=O)c3cccs3)cc2)c1=O)NCc1ccco1. The number of nitrogens with one attached hydrogen (secondary N) is 2.